The number of ether oxygens (including phenoxy) is 3. The number of fused-ring (bicyclic) bond motifs is 1. The van der Waals surface area contributed by atoms with Crippen LogP contribution in [0, 0.1) is 0 Å². The Morgan fingerprint density at radius 1 is 1.22 bits per heavy atom. The lowest BCUT2D eigenvalue weighted by Crippen LogP contribution is -2.39. The number of carbonyl (C=O) groups excluding carboxylic acids is 1. The first-order valence-corrected chi connectivity index (χ1v) is 13.8. The number of hydrogen-bond acceptors (Lipinski definition) is 7. The van der Waals surface area contributed by atoms with Gasteiger partial charge in [-0.2, -0.15) is 0 Å². The molecule has 1 unspecified atom stereocenters. The van der Waals surface area contributed by atoms with Gasteiger partial charge in [-0.25, -0.2) is 9.79 Å². The second-order valence-corrected chi connectivity index (χ2v) is 10.7. The zero-order valence-corrected chi connectivity index (χ0v) is 24.4. The Kier molecular flexibility index (Phi) is 8.51. The molecule has 1 atom stereocenters. The van der Waals surface area contributed by atoms with Gasteiger partial charge in [-0.05, 0) is 87.2 Å². The van der Waals surface area contributed by atoms with Crippen molar-refractivity contribution in [1.29, 1.82) is 0 Å². The topological polar surface area (TPSA) is 79.1 Å². The number of hydrogen-bond donors (Lipinski definition) is 0. The van der Waals surface area contributed by atoms with Crippen LogP contribution in [0.3, 0.4) is 0 Å². The maximum Gasteiger partial charge on any atom is 0.338 e. The van der Waals surface area contributed by atoms with Crippen molar-refractivity contribution in [3.63, 3.8) is 0 Å². The van der Waals surface area contributed by atoms with Crippen LogP contribution in [0.2, 0.25) is 0 Å². The van der Waals surface area contributed by atoms with Crippen molar-refractivity contribution in [3.8, 4) is 11.5 Å². The van der Waals surface area contributed by atoms with Gasteiger partial charge in [-0.1, -0.05) is 36.1 Å². The summed E-state index contributed by atoms with van der Waals surface area (Å²) in [5.41, 5.74) is 2.14. The highest BCUT2D eigenvalue weighted by Gasteiger charge is 2.33. The number of thiazole rings is 1. The van der Waals surface area contributed by atoms with E-state index in [-0.39, 0.29) is 12.2 Å². The molecule has 192 valence electrons. The van der Waals surface area contributed by atoms with Gasteiger partial charge in [-0.3, -0.25) is 9.36 Å². The van der Waals surface area contributed by atoms with E-state index in [1.807, 2.05) is 24.3 Å². The molecule has 0 amide bonds. The Hall–Kier alpha value is -2.95. The van der Waals surface area contributed by atoms with Gasteiger partial charge in [0, 0.05) is 0 Å². The van der Waals surface area contributed by atoms with E-state index in [1.165, 1.54) is 11.3 Å². The van der Waals surface area contributed by atoms with Crippen molar-refractivity contribution in [2.24, 2.45) is 4.99 Å². The summed E-state index contributed by atoms with van der Waals surface area (Å²) < 4.78 is 19.8. The van der Waals surface area contributed by atoms with Gasteiger partial charge < -0.3 is 14.2 Å². The Labute approximate surface area is 234 Å². The minimum Gasteiger partial charge on any atom is -0.497 e. The number of methoxy groups -OCH3 is 1. The van der Waals surface area contributed by atoms with Crippen LogP contribution < -0.4 is 24.4 Å². The average Bonchev–Trinajstić information content (AvgIpc) is 3.17. The third-order valence-corrected chi connectivity index (χ3v) is 7.77. The fraction of sp³-hybridized carbons (Fsp3) is 0.222. The molecule has 1 aromatic heterocycles. The summed E-state index contributed by atoms with van der Waals surface area (Å²) in [7, 11) is 1.58. The van der Waals surface area contributed by atoms with E-state index in [2.05, 4.69) is 43.4 Å². The number of rotatable bonds is 8. The molecule has 0 saturated heterocycles. The maximum absolute atomic E-state index is 13.8. The SMILES string of the molecule is C=CCOc1c(Br)cc(C=c2sc3n(c2=O)C(c2ccc(OC)cc2)C(C(=O)OCC)=C(C)N=3)cc1Br. The number of aromatic nitrogens is 1. The Balaban J connectivity index is 1.88. The van der Waals surface area contributed by atoms with Crippen molar-refractivity contribution in [3.05, 3.63) is 100 Å². The Bertz CT molecular complexity index is 1550. The summed E-state index contributed by atoms with van der Waals surface area (Å²) in [5.74, 6) is 0.820. The first kappa shape index (κ1) is 27.1. The maximum atomic E-state index is 13.8. The van der Waals surface area contributed by atoms with Gasteiger partial charge in [0.05, 0.1) is 44.5 Å². The van der Waals surface area contributed by atoms with Crippen LogP contribution in [0.5, 0.6) is 11.5 Å². The minimum absolute atomic E-state index is 0.214. The van der Waals surface area contributed by atoms with Crippen LogP contribution in [-0.4, -0.2) is 30.9 Å². The van der Waals surface area contributed by atoms with Gasteiger partial charge >= 0.3 is 5.97 Å². The van der Waals surface area contributed by atoms with Crippen LogP contribution in [0.4, 0.5) is 0 Å². The second-order valence-electron chi connectivity index (χ2n) is 7.99. The highest BCUT2D eigenvalue weighted by atomic mass is 79.9. The molecule has 0 saturated carbocycles. The lowest BCUT2D eigenvalue weighted by Gasteiger charge is -2.24. The van der Waals surface area contributed by atoms with Crippen LogP contribution in [0.25, 0.3) is 6.08 Å². The monoisotopic (exact) mass is 646 g/mol. The molecule has 0 spiro atoms. The predicted octanol–water partition coefficient (Wildman–Crippen LogP) is 4.90. The van der Waals surface area contributed by atoms with Crippen molar-refractivity contribution in [2.75, 3.05) is 20.3 Å². The molecule has 7 nitrogen and oxygen atoms in total. The smallest absolute Gasteiger partial charge is 0.338 e. The number of esters is 1. The molecule has 0 radical (unpaired) electrons. The van der Waals surface area contributed by atoms with E-state index in [0.717, 1.165) is 20.1 Å². The summed E-state index contributed by atoms with van der Waals surface area (Å²) >= 11 is 8.34. The van der Waals surface area contributed by atoms with E-state index in [4.69, 9.17) is 14.2 Å². The molecule has 10 heteroatoms. The van der Waals surface area contributed by atoms with Crippen molar-refractivity contribution in [1.82, 2.24) is 4.57 Å². The largest absolute Gasteiger partial charge is 0.497 e. The third-order valence-electron chi connectivity index (χ3n) is 5.61. The third kappa shape index (κ3) is 5.51. The van der Waals surface area contributed by atoms with Crippen LogP contribution in [0.15, 0.2) is 79.1 Å². The molecule has 1 aliphatic heterocycles. The van der Waals surface area contributed by atoms with Crippen LogP contribution in [0.1, 0.15) is 31.0 Å². The molecule has 37 heavy (non-hydrogen) atoms. The Morgan fingerprint density at radius 2 is 1.89 bits per heavy atom. The summed E-state index contributed by atoms with van der Waals surface area (Å²) in [4.78, 5) is 31.9. The molecular weight excluding hydrogens is 624 g/mol. The number of halogens is 2. The summed E-state index contributed by atoms with van der Waals surface area (Å²) in [5, 5.41) is 0. The summed E-state index contributed by atoms with van der Waals surface area (Å²) in [6.45, 7) is 7.76. The van der Waals surface area contributed by atoms with Gasteiger partial charge in [0.2, 0.25) is 0 Å². The van der Waals surface area contributed by atoms with Crippen molar-refractivity contribution >= 4 is 55.2 Å². The molecule has 1 aliphatic rings. The Morgan fingerprint density at radius 3 is 2.49 bits per heavy atom. The normalized spacial score (nSPS) is 15.2. The number of carbonyl (C=O) groups is 1. The predicted molar refractivity (Wildman–Crippen MR) is 151 cm³/mol. The van der Waals surface area contributed by atoms with E-state index in [0.29, 0.717) is 38.7 Å². The average molecular weight is 648 g/mol. The van der Waals surface area contributed by atoms with E-state index >= 15 is 0 Å². The molecule has 2 heterocycles. The number of nitrogens with zero attached hydrogens (tertiary/aromatic N) is 2. The highest BCUT2D eigenvalue weighted by molar-refractivity contribution is 9.11. The van der Waals surface area contributed by atoms with Crippen molar-refractivity contribution < 1.29 is 19.0 Å². The molecule has 2 aromatic carbocycles. The molecule has 4 rings (SSSR count). The lowest BCUT2D eigenvalue weighted by molar-refractivity contribution is -0.139. The van der Waals surface area contributed by atoms with Crippen LogP contribution >= 0.6 is 43.2 Å². The van der Waals surface area contributed by atoms with Gasteiger partial charge in [0.25, 0.3) is 5.56 Å². The first-order chi connectivity index (χ1) is 17.8. The van der Waals surface area contributed by atoms with Gasteiger partial charge in [0.1, 0.15) is 18.1 Å². The second kappa shape index (κ2) is 11.6. The molecule has 3 aromatic rings. The molecule has 0 N–H and O–H groups in total. The van der Waals surface area contributed by atoms with E-state index in [9.17, 15) is 9.59 Å². The van der Waals surface area contributed by atoms with Crippen LogP contribution in [-0.2, 0) is 9.53 Å². The van der Waals surface area contributed by atoms with Crippen molar-refractivity contribution in [2.45, 2.75) is 19.9 Å². The first-order valence-electron chi connectivity index (χ1n) is 11.3. The van der Waals surface area contributed by atoms with E-state index < -0.39 is 12.0 Å². The van der Waals surface area contributed by atoms with Gasteiger partial charge in [0.15, 0.2) is 4.80 Å². The summed E-state index contributed by atoms with van der Waals surface area (Å²) in [6.07, 6.45) is 3.46. The fourth-order valence-corrected chi connectivity index (χ4v) is 6.48. The zero-order valence-electron chi connectivity index (χ0n) is 20.4. The molecule has 0 bridgehead atoms. The quantitative estimate of drug-likeness (QED) is 0.257. The number of allylic oxidation sites excluding steroid dienone is 1. The van der Waals surface area contributed by atoms with E-state index in [1.54, 1.807) is 49.8 Å². The molecule has 0 aliphatic carbocycles. The zero-order chi connectivity index (χ0) is 26.7. The molecular formula is C27H24Br2N2O5S. The minimum atomic E-state index is -0.684. The summed E-state index contributed by atoms with van der Waals surface area (Å²) in [6, 6.07) is 10.3. The standard InChI is InChI=1S/C27H24Br2N2O5S/c1-5-11-36-24-19(28)12-16(13-20(24)29)14-21-25(32)31-23(17-7-9-18(34-4)10-8-17)22(26(33)35-6-2)15(3)30-27(31)37-21/h5,7-10,12-14,23H,1,6,11H2,2-4H3. The highest BCUT2D eigenvalue weighted by Crippen LogP contribution is 2.35. The number of benzene rings is 2. The fourth-order valence-electron chi connectivity index (χ4n) is 3.99. The van der Waals surface area contributed by atoms with Gasteiger partial charge in [-0.15, -0.1) is 0 Å². The molecule has 0 fully saturated rings. The lowest BCUT2D eigenvalue weighted by atomic mass is 9.96.